The molecule has 2 heterocycles. The molecule has 3 aromatic carbocycles. The van der Waals surface area contributed by atoms with Gasteiger partial charge >= 0.3 is 5.97 Å². The number of rotatable bonds is 5. The van der Waals surface area contributed by atoms with Gasteiger partial charge in [0.15, 0.2) is 5.78 Å². The van der Waals surface area contributed by atoms with Gasteiger partial charge in [-0.25, -0.2) is 4.90 Å². The van der Waals surface area contributed by atoms with Crippen molar-refractivity contribution in [2.45, 2.75) is 17.8 Å². The van der Waals surface area contributed by atoms with Crippen molar-refractivity contribution >= 4 is 18.0 Å². The van der Waals surface area contributed by atoms with Gasteiger partial charge in [-0.1, -0.05) is 84.9 Å². The number of benzene rings is 3. The number of ether oxygens (including phenoxy) is 1. The van der Waals surface area contributed by atoms with Crippen LogP contribution >= 0.6 is 0 Å². The van der Waals surface area contributed by atoms with Crippen molar-refractivity contribution in [3.05, 3.63) is 107 Å². The van der Waals surface area contributed by atoms with Crippen LogP contribution in [-0.4, -0.2) is 48.1 Å². The van der Waals surface area contributed by atoms with E-state index in [1.807, 2.05) is 65.6 Å². The van der Waals surface area contributed by atoms with Crippen molar-refractivity contribution in [3.8, 4) is 0 Å². The molecule has 0 radical (unpaired) electrons. The number of carbonyl (C=O) groups excluding carboxylic acids is 3. The molecule has 0 amide bonds. The van der Waals surface area contributed by atoms with Crippen LogP contribution in [0.4, 0.5) is 0 Å². The van der Waals surface area contributed by atoms with Crippen LogP contribution < -0.4 is 5.32 Å². The first-order chi connectivity index (χ1) is 15.6. The molecule has 32 heavy (non-hydrogen) atoms. The zero-order valence-electron chi connectivity index (χ0n) is 17.3. The predicted molar refractivity (Wildman–Crippen MR) is 118 cm³/mol. The number of aldehydes is 1. The average Bonchev–Trinajstić information content (AvgIpc) is 3.18. The molecular weight excluding hydrogens is 404 g/mol. The molecule has 0 aliphatic carbocycles. The van der Waals surface area contributed by atoms with E-state index >= 15 is 0 Å². The monoisotopic (exact) mass is 426 g/mol. The molecular formula is C26H22N2O4. The quantitative estimate of drug-likeness (QED) is 0.384. The van der Waals surface area contributed by atoms with Crippen LogP contribution in [0.2, 0.25) is 0 Å². The van der Waals surface area contributed by atoms with E-state index in [1.54, 1.807) is 24.3 Å². The molecule has 6 nitrogen and oxygen atoms in total. The van der Waals surface area contributed by atoms with Crippen molar-refractivity contribution in [1.29, 1.82) is 0 Å². The van der Waals surface area contributed by atoms with Crippen molar-refractivity contribution in [2.24, 2.45) is 0 Å². The molecule has 2 saturated heterocycles. The first-order valence-electron chi connectivity index (χ1n) is 10.6. The van der Waals surface area contributed by atoms with Crippen LogP contribution in [0.5, 0.6) is 0 Å². The molecule has 0 bridgehead atoms. The highest BCUT2D eigenvalue weighted by molar-refractivity contribution is 6.01. The topological polar surface area (TPSA) is 75.7 Å². The first-order valence-corrected chi connectivity index (χ1v) is 10.6. The van der Waals surface area contributed by atoms with Gasteiger partial charge < -0.3 is 10.1 Å². The molecule has 6 heteroatoms. The maximum Gasteiger partial charge on any atom is 0.327 e. The van der Waals surface area contributed by atoms with E-state index < -0.39 is 17.8 Å². The van der Waals surface area contributed by atoms with Gasteiger partial charge in [-0.3, -0.25) is 14.4 Å². The highest BCUT2D eigenvalue weighted by Gasteiger charge is 2.60. The maximum atomic E-state index is 13.7. The van der Waals surface area contributed by atoms with Gasteiger partial charge in [0.1, 0.15) is 12.3 Å². The average molecular weight is 426 g/mol. The second-order valence-corrected chi connectivity index (χ2v) is 8.00. The molecule has 1 N–H and O–H groups in total. The minimum absolute atomic E-state index is 0.130. The number of fused-ring (bicyclic) bond motifs is 1. The second-order valence-electron chi connectivity index (χ2n) is 8.00. The molecule has 160 valence electrons. The van der Waals surface area contributed by atoms with Gasteiger partial charge in [0.05, 0.1) is 6.04 Å². The number of nitrogens with one attached hydrogen (secondary N) is 1. The number of hydrogen-bond donors (Lipinski definition) is 1. The third-order valence-electron chi connectivity index (χ3n) is 6.20. The van der Waals surface area contributed by atoms with Crippen LogP contribution in [0.15, 0.2) is 84.9 Å². The van der Waals surface area contributed by atoms with Crippen molar-refractivity contribution in [1.82, 2.24) is 10.2 Å². The molecule has 2 atom stereocenters. The van der Waals surface area contributed by atoms with Gasteiger partial charge in [-0.05, 0) is 0 Å². The van der Waals surface area contributed by atoms with E-state index in [9.17, 15) is 14.4 Å². The fourth-order valence-electron chi connectivity index (χ4n) is 4.72. The molecule has 2 unspecified atom stereocenters. The summed E-state index contributed by atoms with van der Waals surface area (Å²) in [6, 6.07) is 24.4. The van der Waals surface area contributed by atoms with Crippen LogP contribution in [0.25, 0.3) is 0 Å². The lowest BCUT2D eigenvalue weighted by molar-refractivity contribution is -0.150. The third kappa shape index (κ3) is 3.16. The molecule has 2 aliphatic rings. The highest BCUT2D eigenvalue weighted by Crippen LogP contribution is 2.46. The van der Waals surface area contributed by atoms with E-state index in [-0.39, 0.29) is 11.8 Å². The number of nitrogens with zero attached hydrogens (tertiary/aromatic N) is 1. The maximum absolute atomic E-state index is 13.7. The van der Waals surface area contributed by atoms with Crippen LogP contribution in [0.1, 0.15) is 31.8 Å². The minimum Gasteiger partial charge on any atom is -0.434 e. The number of hydrogen-bond acceptors (Lipinski definition) is 6. The standard InChI is InChI=1S/C26H22N2O4/c29-17-18-11-13-19(14-12-18)24(30)22-15-27-16-23-25(31)32-26(28(22)23,20-7-3-1-4-8-20)21-9-5-2-6-10-21/h1-14,17,22-23,27H,15-16H2. The molecule has 3 aromatic rings. The molecule has 2 fully saturated rings. The number of carbonyl (C=O) groups is 3. The Bertz CT molecular complexity index is 1110. The molecule has 5 rings (SSSR count). The first kappa shape index (κ1) is 20.3. The van der Waals surface area contributed by atoms with Crippen molar-refractivity contribution in [3.63, 3.8) is 0 Å². The Balaban J connectivity index is 1.66. The van der Waals surface area contributed by atoms with E-state index in [0.717, 1.165) is 17.4 Å². The summed E-state index contributed by atoms with van der Waals surface area (Å²) in [5, 5.41) is 3.23. The lowest BCUT2D eigenvalue weighted by Crippen LogP contribution is -2.64. The van der Waals surface area contributed by atoms with Crippen molar-refractivity contribution in [2.75, 3.05) is 13.1 Å². The second kappa shape index (κ2) is 8.15. The Labute approximate surface area is 185 Å². The van der Waals surface area contributed by atoms with Crippen LogP contribution in [0, 0.1) is 0 Å². The zero-order valence-corrected chi connectivity index (χ0v) is 17.3. The van der Waals surface area contributed by atoms with Crippen LogP contribution in [0.3, 0.4) is 0 Å². The summed E-state index contributed by atoms with van der Waals surface area (Å²) in [5.74, 6) is -0.492. The molecule has 0 aromatic heterocycles. The van der Waals surface area contributed by atoms with Gasteiger partial charge in [-0.15, -0.1) is 0 Å². The SMILES string of the molecule is O=Cc1ccc(C(=O)C2CNCC3C(=O)OC(c4ccccc4)(c4ccccc4)N32)cc1. The number of piperazine rings is 1. The fourth-order valence-corrected chi connectivity index (χ4v) is 4.72. The molecule has 0 saturated carbocycles. The number of esters is 1. The third-order valence-corrected chi connectivity index (χ3v) is 6.20. The highest BCUT2D eigenvalue weighted by atomic mass is 16.6. The Morgan fingerprint density at radius 1 is 0.906 bits per heavy atom. The summed E-state index contributed by atoms with van der Waals surface area (Å²) >= 11 is 0. The fraction of sp³-hybridized carbons (Fsp3) is 0.192. The molecule has 0 spiro atoms. The lowest BCUT2D eigenvalue weighted by atomic mass is 9.88. The number of ketones is 1. The normalized spacial score (nSPS) is 22.1. The van der Waals surface area contributed by atoms with Gasteiger partial charge in [0.25, 0.3) is 0 Å². The van der Waals surface area contributed by atoms with E-state index in [2.05, 4.69) is 5.32 Å². The van der Waals surface area contributed by atoms with Gasteiger partial charge in [0.2, 0.25) is 5.72 Å². The Hall–Kier alpha value is -3.61. The summed E-state index contributed by atoms with van der Waals surface area (Å²) < 4.78 is 6.17. The summed E-state index contributed by atoms with van der Waals surface area (Å²) in [6.45, 7) is 0.775. The summed E-state index contributed by atoms with van der Waals surface area (Å²) in [5.41, 5.74) is 1.35. The van der Waals surface area contributed by atoms with Crippen molar-refractivity contribution < 1.29 is 19.1 Å². The Morgan fingerprint density at radius 3 is 2.06 bits per heavy atom. The van der Waals surface area contributed by atoms with Gasteiger partial charge in [-0.2, -0.15) is 0 Å². The van der Waals surface area contributed by atoms with E-state index in [1.165, 1.54) is 0 Å². The molecule has 2 aliphatic heterocycles. The minimum atomic E-state index is -1.21. The largest absolute Gasteiger partial charge is 0.434 e. The summed E-state index contributed by atoms with van der Waals surface area (Å²) in [7, 11) is 0. The number of Topliss-reactive ketones (excluding diaryl/α,β-unsaturated/α-hetero) is 1. The summed E-state index contributed by atoms with van der Waals surface area (Å²) in [4.78, 5) is 39.7. The van der Waals surface area contributed by atoms with Crippen LogP contribution in [-0.2, 0) is 15.3 Å². The zero-order chi connectivity index (χ0) is 22.1. The summed E-state index contributed by atoms with van der Waals surface area (Å²) in [6.07, 6.45) is 0.745. The Morgan fingerprint density at radius 2 is 1.50 bits per heavy atom. The predicted octanol–water partition coefficient (Wildman–Crippen LogP) is 2.78. The smallest absolute Gasteiger partial charge is 0.327 e. The number of cyclic esters (lactones) is 1. The van der Waals surface area contributed by atoms with E-state index in [4.69, 9.17) is 4.74 Å². The van der Waals surface area contributed by atoms with Gasteiger partial charge in [0, 0.05) is 35.3 Å². The Kier molecular flexibility index (Phi) is 5.17. The lowest BCUT2D eigenvalue weighted by Gasteiger charge is -2.44. The van der Waals surface area contributed by atoms with E-state index in [0.29, 0.717) is 24.2 Å².